The van der Waals surface area contributed by atoms with Crippen molar-refractivity contribution in [1.29, 1.82) is 0 Å². The lowest BCUT2D eigenvalue weighted by Gasteiger charge is -2.28. The second-order valence-electron chi connectivity index (χ2n) is 4.28. The van der Waals surface area contributed by atoms with E-state index in [9.17, 15) is 0 Å². The molecule has 1 rings (SSSR count). The monoisotopic (exact) mass is 172 g/mol. The van der Waals surface area contributed by atoms with Crippen molar-refractivity contribution >= 4 is 0 Å². The molecule has 0 aromatic heterocycles. The molecule has 1 fully saturated rings. The fraction of sp³-hybridized carbons (Fsp3) is 1.00. The minimum atomic E-state index is -0.0559. The number of ether oxygens (including phenoxy) is 1. The van der Waals surface area contributed by atoms with Gasteiger partial charge < -0.3 is 4.74 Å². The van der Waals surface area contributed by atoms with E-state index in [1.807, 2.05) is 0 Å². The number of rotatable bonds is 5. The molecule has 0 amide bonds. The maximum Gasteiger partial charge on any atom is 0.0638 e. The molecular formula is C9H20N2O. The average molecular weight is 172 g/mol. The van der Waals surface area contributed by atoms with E-state index < -0.39 is 0 Å². The summed E-state index contributed by atoms with van der Waals surface area (Å²) in [5.74, 6) is 6.25. The fourth-order valence-corrected chi connectivity index (χ4v) is 1.47. The van der Waals surface area contributed by atoms with Gasteiger partial charge in [-0.3, -0.25) is 11.3 Å². The van der Waals surface area contributed by atoms with Crippen LogP contribution in [0.15, 0.2) is 0 Å². The van der Waals surface area contributed by atoms with Gasteiger partial charge in [0.05, 0.1) is 5.60 Å². The first-order chi connectivity index (χ1) is 5.59. The number of hydrogen-bond donors (Lipinski definition) is 2. The summed E-state index contributed by atoms with van der Waals surface area (Å²) in [7, 11) is 1.75. The van der Waals surface area contributed by atoms with Gasteiger partial charge in [-0.1, -0.05) is 0 Å². The van der Waals surface area contributed by atoms with Crippen LogP contribution in [0, 0.1) is 5.92 Å². The number of hydrogen-bond acceptors (Lipinski definition) is 3. The first-order valence-corrected chi connectivity index (χ1v) is 4.60. The molecule has 0 aromatic rings. The number of hydrazine groups is 1. The third-order valence-electron chi connectivity index (χ3n) is 2.67. The zero-order chi connectivity index (χ0) is 9.19. The van der Waals surface area contributed by atoms with E-state index >= 15 is 0 Å². The van der Waals surface area contributed by atoms with Gasteiger partial charge in [0.25, 0.3) is 0 Å². The van der Waals surface area contributed by atoms with Crippen LogP contribution in [0.3, 0.4) is 0 Å². The largest absolute Gasteiger partial charge is 0.379 e. The Bertz CT molecular complexity index is 143. The van der Waals surface area contributed by atoms with E-state index in [-0.39, 0.29) is 5.60 Å². The van der Waals surface area contributed by atoms with Crippen LogP contribution in [0.4, 0.5) is 0 Å². The van der Waals surface area contributed by atoms with Gasteiger partial charge >= 0.3 is 0 Å². The van der Waals surface area contributed by atoms with Crippen molar-refractivity contribution in [2.75, 3.05) is 7.11 Å². The lowest BCUT2D eigenvalue weighted by atomic mass is 9.96. The summed E-state index contributed by atoms with van der Waals surface area (Å²) in [5, 5.41) is 0. The van der Waals surface area contributed by atoms with Crippen LogP contribution in [0.25, 0.3) is 0 Å². The predicted molar refractivity (Wildman–Crippen MR) is 49.5 cm³/mol. The molecule has 0 bridgehead atoms. The molecule has 0 aliphatic heterocycles. The third-order valence-corrected chi connectivity index (χ3v) is 2.67. The molecule has 0 radical (unpaired) electrons. The van der Waals surface area contributed by atoms with E-state index in [2.05, 4.69) is 19.3 Å². The van der Waals surface area contributed by atoms with Crippen LogP contribution in [-0.4, -0.2) is 18.8 Å². The van der Waals surface area contributed by atoms with Crippen LogP contribution < -0.4 is 11.3 Å². The summed E-state index contributed by atoms with van der Waals surface area (Å²) in [5.41, 5.74) is 2.82. The summed E-state index contributed by atoms with van der Waals surface area (Å²) < 4.78 is 5.35. The van der Waals surface area contributed by atoms with Crippen LogP contribution in [0.1, 0.15) is 33.1 Å². The topological polar surface area (TPSA) is 47.3 Å². The summed E-state index contributed by atoms with van der Waals surface area (Å²) >= 11 is 0. The minimum Gasteiger partial charge on any atom is -0.379 e. The van der Waals surface area contributed by atoms with Crippen molar-refractivity contribution < 1.29 is 4.74 Å². The van der Waals surface area contributed by atoms with Crippen LogP contribution in [0.2, 0.25) is 0 Å². The smallest absolute Gasteiger partial charge is 0.0638 e. The Morgan fingerprint density at radius 1 is 1.58 bits per heavy atom. The van der Waals surface area contributed by atoms with Crippen LogP contribution in [-0.2, 0) is 4.74 Å². The molecular weight excluding hydrogens is 152 g/mol. The first kappa shape index (κ1) is 9.96. The van der Waals surface area contributed by atoms with Crippen LogP contribution >= 0.6 is 0 Å². The standard InChI is InChI=1S/C9H20N2O/c1-9(2,12-3)6-8(11-10)7-4-5-7/h7-8,11H,4-6,10H2,1-3H3. The van der Waals surface area contributed by atoms with E-state index in [1.54, 1.807) is 7.11 Å². The summed E-state index contributed by atoms with van der Waals surface area (Å²) in [6, 6.07) is 0.431. The molecule has 3 N–H and O–H groups in total. The highest BCUT2D eigenvalue weighted by molar-refractivity contribution is 4.89. The quantitative estimate of drug-likeness (QED) is 0.481. The van der Waals surface area contributed by atoms with Gasteiger partial charge in [0.15, 0.2) is 0 Å². The fourth-order valence-electron chi connectivity index (χ4n) is 1.47. The molecule has 3 nitrogen and oxygen atoms in total. The summed E-state index contributed by atoms with van der Waals surface area (Å²) in [6.45, 7) is 4.19. The van der Waals surface area contributed by atoms with Gasteiger partial charge in [-0.25, -0.2) is 0 Å². The van der Waals surface area contributed by atoms with Gasteiger partial charge in [0.1, 0.15) is 0 Å². The van der Waals surface area contributed by atoms with Gasteiger partial charge in [0.2, 0.25) is 0 Å². The Morgan fingerprint density at radius 3 is 2.50 bits per heavy atom. The van der Waals surface area contributed by atoms with E-state index in [0.717, 1.165) is 12.3 Å². The van der Waals surface area contributed by atoms with E-state index in [0.29, 0.717) is 6.04 Å². The molecule has 3 heteroatoms. The Labute approximate surface area is 74.6 Å². The Balaban J connectivity index is 2.35. The molecule has 1 saturated carbocycles. The van der Waals surface area contributed by atoms with Gasteiger partial charge in [-0.15, -0.1) is 0 Å². The van der Waals surface area contributed by atoms with E-state index in [1.165, 1.54) is 12.8 Å². The molecule has 1 aliphatic carbocycles. The second-order valence-corrected chi connectivity index (χ2v) is 4.28. The lowest BCUT2D eigenvalue weighted by molar-refractivity contribution is 0.00513. The Morgan fingerprint density at radius 2 is 2.17 bits per heavy atom. The van der Waals surface area contributed by atoms with Gasteiger partial charge in [-0.2, -0.15) is 0 Å². The highest BCUT2D eigenvalue weighted by atomic mass is 16.5. The third kappa shape index (κ3) is 2.73. The average Bonchev–Trinajstić information content (AvgIpc) is 2.83. The van der Waals surface area contributed by atoms with Gasteiger partial charge in [-0.05, 0) is 39.0 Å². The number of nitrogens with two attached hydrogens (primary N) is 1. The summed E-state index contributed by atoms with van der Waals surface area (Å²) in [6.07, 6.45) is 3.62. The first-order valence-electron chi connectivity index (χ1n) is 4.60. The van der Waals surface area contributed by atoms with Crippen molar-refractivity contribution in [3.63, 3.8) is 0 Å². The molecule has 1 atom stereocenters. The predicted octanol–water partition coefficient (Wildman–Crippen LogP) is 1.04. The minimum absolute atomic E-state index is 0.0559. The Kier molecular flexibility index (Phi) is 3.09. The van der Waals surface area contributed by atoms with Crippen molar-refractivity contribution in [1.82, 2.24) is 5.43 Å². The zero-order valence-corrected chi connectivity index (χ0v) is 8.26. The van der Waals surface area contributed by atoms with Crippen molar-refractivity contribution in [3.8, 4) is 0 Å². The van der Waals surface area contributed by atoms with Crippen molar-refractivity contribution in [2.45, 2.75) is 44.8 Å². The molecule has 72 valence electrons. The zero-order valence-electron chi connectivity index (χ0n) is 8.26. The Hall–Kier alpha value is -0.120. The maximum absolute atomic E-state index is 5.47. The maximum atomic E-state index is 5.47. The summed E-state index contributed by atoms with van der Waals surface area (Å²) in [4.78, 5) is 0. The SMILES string of the molecule is COC(C)(C)CC(NN)C1CC1. The normalized spacial score (nSPS) is 21.0. The molecule has 1 aliphatic rings. The number of methoxy groups -OCH3 is 1. The van der Waals surface area contributed by atoms with Crippen molar-refractivity contribution in [3.05, 3.63) is 0 Å². The number of nitrogens with one attached hydrogen (secondary N) is 1. The van der Waals surface area contributed by atoms with Crippen LogP contribution in [0.5, 0.6) is 0 Å². The van der Waals surface area contributed by atoms with E-state index in [4.69, 9.17) is 10.6 Å². The molecule has 0 heterocycles. The lowest BCUT2D eigenvalue weighted by Crippen LogP contribution is -2.42. The van der Waals surface area contributed by atoms with Gasteiger partial charge in [0, 0.05) is 13.2 Å². The van der Waals surface area contributed by atoms with Crippen molar-refractivity contribution in [2.24, 2.45) is 11.8 Å². The molecule has 12 heavy (non-hydrogen) atoms. The molecule has 0 saturated heterocycles. The highest BCUT2D eigenvalue weighted by Crippen LogP contribution is 2.35. The second kappa shape index (κ2) is 3.73. The molecule has 0 spiro atoms. The highest BCUT2D eigenvalue weighted by Gasteiger charge is 2.34. The molecule has 0 aromatic carbocycles. The molecule has 1 unspecified atom stereocenters.